The summed E-state index contributed by atoms with van der Waals surface area (Å²) in [5.41, 5.74) is 10.4. The number of aromatic nitrogens is 4. The predicted molar refractivity (Wildman–Crippen MR) is 92.5 cm³/mol. The van der Waals surface area contributed by atoms with Crippen LogP contribution in [0, 0.1) is 0 Å². The standard InChI is InChI=1S/C15H14Cl2N6O/c16-12-6-11(8-19-23-15(18)20-21-22-23)7-13(17)14(12)24-9-10-4-2-1-3-5-10/h1-7,19H,8-9H2,(H2,18,20,22). The molecule has 9 heteroatoms. The molecule has 0 aliphatic rings. The van der Waals surface area contributed by atoms with Crippen LogP contribution in [0.25, 0.3) is 0 Å². The molecule has 0 amide bonds. The summed E-state index contributed by atoms with van der Waals surface area (Å²) in [5.74, 6) is 0.614. The fraction of sp³-hybridized carbons (Fsp3) is 0.133. The Kier molecular flexibility index (Phi) is 5.02. The smallest absolute Gasteiger partial charge is 0.260 e. The number of anilines is 1. The van der Waals surface area contributed by atoms with E-state index >= 15 is 0 Å². The third-order valence-electron chi connectivity index (χ3n) is 3.21. The molecule has 3 rings (SSSR count). The Morgan fingerprint density at radius 3 is 2.42 bits per heavy atom. The van der Waals surface area contributed by atoms with E-state index in [9.17, 15) is 0 Å². The van der Waals surface area contributed by atoms with Gasteiger partial charge in [-0.25, -0.2) is 0 Å². The number of tetrazole rings is 1. The number of ether oxygens (including phenoxy) is 1. The maximum Gasteiger partial charge on any atom is 0.260 e. The number of benzene rings is 2. The number of nitrogens with zero attached hydrogens (tertiary/aromatic N) is 4. The summed E-state index contributed by atoms with van der Waals surface area (Å²) < 4.78 is 5.74. The molecule has 7 nitrogen and oxygen atoms in total. The highest BCUT2D eigenvalue weighted by Gasteiger charge is 2.11. The Bertz CT molecular complexity index is 801. The van der Waals surface area contributed by atoms with Gasteiger partial charge in [-0.2, -0.15) is 0 Å². The van der Waals surface area contributed by atoms with E-state index in [2.05, 4.69) is 21.0 Å². The van der Waals surface area contributed by atoms with Gasteiger partial charge in [0, 0.05) is 0 Å². The zero-order valence-electron chi connectivity index (χ0n) is 12.5. The van der Waals surface area contributed by atoms with Crippen molar-refractivity contribution >= 4 is 29.2 Å². The van der Waals surface area contributed by atoms with E-state index in [1.165, 1.54) is 4.79 Å². The van der Waals surface area contributed by atoms with Crippen LogP contribution < -0.4 is 15.9 Å². The average molecular weight is 365 g/mol. The monoisotopic (exact) mass is 364 g/mol. The van der Waals surface area contributed by atoms with Crippen molar-refractivity contribution in [2.45, 2.75) is 13.2 Å². The molecule has 0 atom stereocenters. The van der Waals surface area contributed by atoms with Crippen molar-refractivity contribution in [3.05, 3.63) is 63.6 Å². The van der Waals surface area contributed by atoms with Gasteiger partial charge >= 0.3 is 0 Å². The van der Waals surface area contributed by atoms with E-state index < -0.39 is 0 Å². The van der Waals surface area contributed by atoms with Crippen molar-refractivity contribution in [1.29, 1.82) is 0 Å². The summed E-state index contributed by atoms with van der Waals surface area (Å²) >= 11 is 12.6. The van der Waals surface area contributed by atoms with Crippen LogP contribution in [0.5, 0.6) is 5.75 Å². The molecule has 0 aliphatic heterocycles. The van der Waals surface area contributed by atoms with Crippen molar-refractivity contribution in [3.8, 4) is 5.75 Å². The first-order valence-corrected chi connectivity index (χ1v) is 7.81. The van der Waals surface area contributed by atoms with Gasteiger partial charge in [0.1, 0.15) is 6.61 Å². The van der Waals surface area contributed by atoms with Crippen LogP contribution in [0.4, 0.5) is 5.95 Å². The van der Waals surface area contributed by atoms with Crippen molar-refractivity contribution in [2.75, 3.05) is 11.2 Å². The van der Waals surface area contributed by atoms with E-state index in [4.69, 9.17) is 33.7 Å². The highest BCUT2D eigenvalue weighted by atomic mass is 35.5. The molecule has 0 saturated heterocycles. The van der Waals surface area contributed by atoms with E-state index in [0.29, 0.717) is 28.9 Å². The molecule has 0 bridgehead atoms. The van der Waals surface area contributed by atoms with E-state index in [-0.39, 0.29) is 5.95 Å². The predicted octanol–water partition coefficient (Wildman–Crippen LogP) is 2.88. The molecule has 124 valence electrons. The summed E-state index contributed by atoms with van der Waals surface area (Å²) in [6.07, 6.45) is 0. The van der Waals surface area contributed by atoms with Gasteiger partial charge in [-0.15, -0.1) is 4.79 Å². The lowest BCUT2D eigenvalue weighted by atomic mass is 10.2. The lowest BCUT2D eigenvalue weighted by Crippen LogP contribution is -2.18. The topological polar surface area (TPSA) is 90.9 Å². The third kappa shape index (κ3) is 3.87. The zero-order valence-corrected chi connectivity index (χ0v) is 14.0. The van der Waals surface area contributed by atoms with Crippen LogP contribution in [-0.4, -0.2) is 20.3 Å². The van der Waals surface area contributed by atoms with Gasteiger partial charge in [0.15, 0.2) is 5.75 Å². The summed E-state index contributed by atoms with van der Waals surface area (Å²) in [5, 5.41) is 11.6. The lowest BCUT2D eigenvalue weighted by molar-refractivity contribution is 0.306. The maximum atomic E-state index is 6.28. The van der Waals surface area contributed by atoms with Gasteiger partial charge in [0.05, 0.1) is 16.6 Å². The fourth-order valence-corrected chi connectivity index (χ4v) is 2.70. The Morgan fingerprint density at radius 2 is 1.79 bits per heavy atom. The molecule has 2 aromatic carbocycles. The van der Waals surface area contributed by atoms with E-state index in [0.717, 1.165) is 11.1 Å². The second-order valence-corrected chi connectivity index (χ2v) is 5.76. The highest BCUT2D eigenvalue weighted by Crippen LogP contribution is 2.34. The summed E-state index contributed by atoms with van der Waals surface area (Å²) in [4.78, 5) is 1.27. The third-order valence-corrected chi connectivity index (χ3v) is 3.77. The summed E-state index contributed by atoms with van der Waals surface area (Å²) in [6.45, 7) is 0.784. The normalized spacial score (nSPS) is 10.6. The zero-order chi connectivity index (χ0) is 16.9. The Balaban J connectivity index is 1.68. The van der Waals surface area contributed by atoms with Crippen LogP contribution in [0.15, 0.2) is 42.5 Å². The van der Waals surface area contributed by atoms with Crippen LogP contribution >= 0.6 is 23.2 Å². The molecule has 0 unspecified atom stereocenters. The first kappa shape index (κ1) is 16.4. The van der Waals surface area contributed by atoms with Gasteiger partial charge in [0.25, 0.3) is 5.95 Å². The molecule has 24 heavy (non-hydrogen) atoms. The fourth-order valence-electron chi connectivity index (χ4n) is 2.05. The van der Waals surface area contributed by atoms with Gasteiger partial charge in [-0.3, -0.25) is 0 Å². The molecule has 3 N–H and O–H groups in total. The average Bonchev–Trinajstić information content (AvgIpc) is 2.98. The second-order valence-electron chi connectivity index (χ2n) is 4.95. The molecule has 0 fully saturated rings. The molecular formula is C15H14Cl2N6O. The highest BCUT2D eigenvalue weighted by molar-refractivity contribution is 6.37. The number of hydrogen-bond acceptors (Lipinski definition) is 6. The van der Waals surface area contributed by atoms with Gasteiger partial charge in [-0.1, -0.05) is 58.6 Å². The summed E-state index contributed by atoms with van der Waals surface area (Å²) in [6, 6.07) is 13.3. The van der Waals surface area contributed by atoms with Crippen LogP contribution in [0.1, 0.15) is 11.1 Å². The van der Waals surface area contributed by atoms with Gasteiger partial charge in [-0.05, 0) is 33.7 Å². The van der Waals surface area contributed by atoms with Crippen LogP contribution in [-0.2, 0) is 13.2 Å². The minimum Gasteiger partial charge on any atom is -0.486 e. The van der Waals surface area contributed by atoms with Crippen LogP contribution in [0.2, 0.25) is 10.0 Å². The Labute approximate surface area is 148 Å². The molecule has 0 radical (unpaired) electrons. The van der Waals surface area contributed by atoms with E-state index in [1.54, 1.807) is 12.1 Å². The van der Waals surface area contributed by atoms with Crippen molar-refractivity contribution in [2.24, 2.45) is 0 Å². The number of nitrogen functional groups attached to an aromatic ring is 1. The second kappa shape index (κ2) is 7.37. The summed E-state index contributed by atoms with van der Waals surface area (Å²) in [7, 11) is 0. The van der Waals surface area contributed by atoms with Gasteiger partial charge in [0.2, 0.25) is 0 Å². The van der Waals surface area contributed by atoms with E-state index in [1.807, 2.05) is 30.3 Å². The van der Waals surface area contributed by atoms with Crippen molar-refractivity contribution in [3.63, 3.8) is 0 Å². The SMILES string of the molecule is Nc1nnnn1NCc1cc(Cl)c(OCc2ccccc2)c(Cl)c1. The Morgan fingerprint density at radius 1 is 1.08 bits per heavy atom. The molecule has 3 aromatic rings. The molecule has 0 aliphatic carbocycles. The number of halogens is 2. The molecular weight excluding hydrogens is 351 g/mol. The number of nitrogens with two attached hydrogens (primary N) is 1. The molecule has 1 heterocycles. The Hall–Kier alpha value is -2.51. The van der Waals surface area contributed by atoms with Crippen LogP contribution in [0.3, 0.4) is 0 Å². The minimum atomic E-state index is 0.162. The number of nitrogens with one attached hydrogen (secondary N) is 1. The lowest BCUT2D eigenvalue weighted by Gasteiger charge is -2.12. The van der Waals surface area contributed by atoms with Crippen molar-refractivity contribution < 1.29 is 4.74 Å². The first-order valence-electron chi connectivity index (χ1n) is 7.06. The molecule has 1 aromatic heterocycles. The minimum absolute atomic E-state index is 0.162. The first-order chi connectivity index (χ1) is 11.6. The largest absolute Gasteiger partial charge is 0.486 e. The molecule has 0 saturated carbocycles. The maximum absolute atomic E-state index is 6.28. The molecule has 0 spiro atoms. The number of rotatable bonds is 6. The number of hydrogen-bond donors (Lipinski definition) is 2. The quantitative estimate of drug-likeness (QED) is 0.698. The van der Waals surface area contributed by atoms with Crippen molar-refractivity contribution in [1.82, 2.24) is 20.3 Å². The van der Waals surface area contributed by atoms with Gasteiger partial charge < -0.3 is 15.9 Å².